The van der Waals surface area contributed by atoms with Gasteiger partial charge in [-0.1, -0.05) is 0 Å². The van der Waals surface area contributed by atoms with Crippen LogP contribution in [0.15, 0.2) is 36.7 Å². The number of alkyl halides is 3. The zero-order chi connectivity index (χ0) is 22.1. The number of nitrogens with zero attached hydrogens (tertiary/aromatic N) is 4. The van der Waals surface area contributed by atoms with E-state index >= 15 is 0 Å². The van der Waals surface area contributed by atoms with Crippen LogP contribution in [0.3, 0.4) is 0 Å². The molecule has 160 valence electrons. The standard InChI is InChI=1S/C19H19F4N5O2/c1-11-15(9-24-28(11)14-5-3-13(20)4-6-14)26-18(30)16(7-8-29)27-10-17(19(21,22)23)25-12(27)2/h3-6,9-10,16,29H,7-8H2,1-2H3,(H,26,30). The Kier molecular flexibility index (Phi) is 5.92. The highest BCUT2D eigenvalue weighted by Gasteiger charge is 2.36. The Balaban J connectivity index is 1.86. The molecule has 3 aromatic rings. The highest BCUT2D eigenvalue weighted by molar-refractivity contribution is 5.94. The molecule has 30 heavy (non-hydrogen) atoms. The summed E-state index contributed by atoms with van der Waals surface area (Å²) in [4.78, 5) is 16.3. The first-order valence-corrected chi connectivity index (χ1v) is 8.96. The molecule has 1 atom stereocenters. The summed E-state index contributed by atoms with van der Waals surface area (Å²) in [5.41, 5.74) is 0.328. The minimum absolute atomic E-state index is 0.00495. The fourth-order valence-electron chi connectivity index (χ4n) is 3.05. The number of imidazole rings is 1. The maximum Gasteiger partial charge on any atom is 0.434 e. The molecule has 1 aromatic carbocycles. The Morgan fingerprint density at radius 1 is 1.23 bits per heavy atom. The normalized spacial score (nSPS) is 12.8. The maximum absolute atomic E-state index is 13.1. The number of hydrogen-bond donors (Lipinski definition) is 2. The number of carbonyl (C=O) groups excluding carboxylic acids is 1. The molecule has 0 bridgehead atoms. The number of aliphatic hydroxyl groups excluding tert-OH is 1. The number of rotatable bonds is 6. The highest BCUT2D eigenvalue weighted by atomic mass is 19.4. The molecule has 2 heterocycles. The van der Waals surface area contributed by atoms with Gasteiger partial charge in [0.1, 0.15) is 17.7 Å². The number of aromatic nitrogens is 4. The maximum atomic E-state index is 13.1. The summed E-state index contributed by atoms with van der Waals surface area (Å²) < 4.78 is 54.6. The first-order valence-electron chi connectivity index (χ1n) is 8.96. The number of carbonyl (C=O) groups is 1. The van der Waals surface area contributed by atoms with Crippen molar-refractivity contribution in [2.75, 3.05) is 11.9 Å². The second-order valence-corrected chi connectivity index (χ2v) is 6.63. The molecule has 3 rings (SSSR count). The summed E-state index contributed by atoms with van der Waals surface area (Å²) >= 11 is 0. The molecule has 7 nitrogen and oxygen atoms in total. The average Bonchev–Trinajstić information content (AvgIpc) is 3.24. The quantitative estimate of drug-likeness (QED) is 0.593. The van der Waals surface area contributed by atoms with Gasteiger partial charge >= 0.3 is 6.18 Å². The summed E-state index contributed by atoms with van der Waals surface area (Å²) in [5, 5.41) is 16.1. The van der Waals surface area contributed by atoms with Gasteiger partial charge in [0, 0.05) is 19.2 Å². The highest BCUT2D eigenvalue weighted by Crippen LogP contribution is 2.30. The second kappa shape index (κ2) is 8.27. The second-order valence-electron chi connectivity index (χ2n) is 6.63. The lowest BCUT2D eigenvalue weighted by Crippen LogP contribution is -2.27. The van der Waals surface area contributed by atoms with Gasteiger partial charge in [0.2, 0.25) is 5.91 Å². The van der Waals surface area contributed by atoms with E-state index in [0.717, 1.165) is 10.8 Å². The molecule has 0 aliphatic heterocycles. The Morgan fingerprint density at radius 2 is 1.90 bits per heavy atom. The van der Waals surface area contributed by atoms with Gasteiger partial charge in [-0.05, 0) is 38.1 Å². The summed E-state index contributed by atoms with van der Waals surface area (Å²) in [6, 6.07) is 4.47. The minimum Gasteiger partial charge on any atom is -0.396 e. The van der Waals surface area contributed by atoms with E-state index in [1.165, 1.54) is 42.1 Å². The predicted octanol–water partition coefficient (Wildman–Crippen LogP) is 3.41. The smallest absolute Gasteiger partial charge is 0.396 e. The van der Waals surface area contributed by atoms with E-state index in [0.29, 0.717) is 17.1 Å². The Morgan fingerprint density at radius 3 is 2.47 bits per heavy atom. The number of aryl methyl sites for hydroxylation is 1. The van der Waals surface area contributed by atoms with Crippen LogP contribution in [0.4, 0.5) is 23.2 Å². The van der Waals surface area contributed by atoms with Gasteiger partial charge in [-0.15, -0.1) is 0 Å². The Bertz CT molecular complexity index is 1040. The van der Waals surface area contributed by atoms with Crippen molar-refractivity contribution in [1.29, 1.82) is 0 Å². The summed E-state index contributed by atoms with van der Waals surface area (Å²) in [6.07, 6.45) is -2.62. The number of amides is 1. The fraction of sp³-hybridized carbons (Fsp3) is 0.316. The molecule has 1 amide bonds. The molecule has 11 heteroatoms. The largest absolute Gasteiger partial charge is 0.434 e. The zero-order valence-electron chi connectivity index (χ0n) is 16.1. The van der Waals surface area contributed by atoms with Gasteiger partial charge in [-0.3, -0.25) is 4.79 Å². The van der Waals surface area contributed by atoms with Crippen molar-refractivity contribution >= 4 is 11.6 Å². The number of aliphatic hydroxyl groups is 1. The molecule has 0 aliphatic rings. The fourth-order valence-corrected chi connectivity index (χ4v) is 3.05. The van der Waals surface area contributed by atoms with Crippen LogP contribution in [0, 0.1) is 19.7 Å². The molecule has 1 unspecified atom stereocenters. The van der Waals surface area contributed by atoms with E-state index in [2.05, 4.69) is 15.4 Å². The van der Waals surface area contributed by atoms with Crippen LogP contribution in [0.1, 0.15) is 29.7 Å². The van der Waals surface area contributed by atoms with Crippen molar-refractivity contribution in [3.8, 4) is 5.69 Å². The van der Waals surface area contributed by atoms with Crippen LogP contribution in [0.25, 0.3) is 5.69 Å². The molecule has 2 N–H and O–H groups in total. The summed E-state index contributed by atoms with van der Waals surface area (Å²) in [6.45, 7) is 2.62. The van der Waals surface area contributed by atoms with Crippen LogP contribution < -0.4 is 5.32 Å². The number of anilines is 1. The number of nitrogens with one attached hydrogen (secondary N) is 1. The van der Waals surface area contributed by atoms with Crippen molar-refractivity contribution in [2.24, 2.45) is 0 Å². The van der Waals surface area contributed by atoms with E-state index in [1.54, 1.807) is 6.92 Å². The van der Waals surface area contributed by atoms with Crippen LogP contribution in [0.5, 0.6) is 0 Å². The molecule has 2 aromatic heterocycles. The van der Waals surface area contributed by atoms with Gasteiger partial charge in [-0.25, -0.2) is 14.1 Å². The average molecular weight is 425 g/mol. The van der Waals surface area contributed by atoms with E-state index in [1.807, 2.05) is 0 Å². The number of benzene rings is 1. The minimum atomic E-state index is -4.65. The predicted molar refractivity (Wildman–Crippen MR) is 99.6 cm³/mol. The first-order chi connectivity index (χ1) is 14.1. The van der Waals surface area contributed by atoms with E-state index in [4.69, 9.17) is 0 Å². The molecule has 0 radical (unpaired) electrons. The van der Waals surface area contributed by atoms with Crippen molar-refractivity contribution in [2.45, 2.75) is 32.5 Å². The molecular formula is C19H19F4N5O2. The van der Waals surface area contributed by atoms with E-state index in [9.17, 15) is 27.5 Å². The Labute approximate surface area is 169 Å². The van der Waals surface area contributed by atoms with Crippen LogP contribution in [0.2, 0.25) is 0 Å². The number of hydrogen-bond acceptors (Lipinski definition) is 4. The van der Waals surface area contributed by atoms with Crippen LogP contribution in [-0.2, 0) is 11.0 Å². The van der Waals surface area contributed by atoms with Gasteiger partial charge in [0.15, 0.2) is 5.69 Å². The van der Waals surface area contributed by atoms with E-state index < -0.39 is 36.2 Å². The summed E-state index contributed by atoms with van der Waals surface area (Å²) in [5.74, 6) is -1.03. The molecule has 0 saturated heterocycles. The van der Waals surface area contributed by atoms with Crippen LogP contribution >= 0.6 is 0 Å². The van der Waals surface area contributed by atoms with Gasteiger partial charge in [0.25, 0.3) is 0 Å². The lowest BCUT2D eigenvalue weighted by atomic mass is 10.2. The Hall–Kier alpha value is -3.21. The van der Waals surface area contributed by atoms with Crippen molar-refractivity contribution < 1.29 is 27.5 Å². The molecule has 0 spiro atoms. The lowest BCUT2D eigenvalue weighted by Gasteiger charge is -2.18. The van der Waals surface area contributed by atoms with Crippen LogP contribution in [-0.4, -0.2) is 37.0 Å². The zero-order valence-corrected chi connectivity index (χ0v) is 16.1. The lowest BCUT2D eigenvalue weighted by molar-refractivity contribution is -0.141. The monoisotopic (exact) mass is 425 g/mol. The molecule has 0 aliphatic carbocycles. The number of halogens is 4. The molecule has 0 saturated carbocycles. The molecular weight excluding hydrogens is 406 g/mol. The van der Waals surface area contributed by atoms with Gasteiger partial charge < -0.3 is 15.0 Å². The van der Waals surface area contributed by atoms with Crippen molar-refractivity contribution in [3.05, 3.63) is 59.7 Å². The van der Waals surface area contributed by atoms with Crippen molar-refractivity contribution in [3.63, 3.8) is 0 Å². The van der Waals surface area contributed by atoms with E-state index in [-0.39, 0.29) is 12.2 Å². The van der Waals surface area contributed by atoms with Crippen molar-refractivity contribution in [1.82, 2.24) is 19.3 Å². The van der Waals surface area contributed by atoms with Gasteiger partial charge in [-0.2, -0.15) is 18.3 Å². The summed E-state index contributed by atoms with van der Waals surface area (Å²) in [7, 11) is 0. The third kappa shape index (κ3) is 4.35. The third-order valence-corrected chi connectivity index (χ3v) is 4.59. The topological polar surface area (TPSA) is 85.0 Å². The van der Waals surface area contributed by atoms with Gasteiger partial charge in [0.05, 0.1) is 23.3 Å². The first kappa shape index (κ1) is 21.5. The molecule has 0 fully saturated rings. The SMILES string of the molecule is Cc1nc(C(F)(F)F)cn1C(CCO)C(=O)Nc1cnn(-c2ccc(F)cc2)c1C. The third-order valence-electron chi connectivity index (χ3n) is 4.59.